The molecule has 3 aliphatic rings. The summed E-state index contributed by atoms with van der Waals surface area (Å²) in [6.45, 7) is 0. The van der Waals surface area contributed by atoms with E-state index in [1.165, 1.54) is 57.8 Å². The van der Waals surface area contributed by atoms with Crippen molar-refractivity contribution in [1.29, 1.82) is 0 Å². The van der Waals surface area contributed by atoms with E-state index in [-0.39, 0.29) is 0 Å². The highest BCUT2D eigenvalue weighted by atomic mass is 15.2. The van der Waals surface area contributed by atoms with Crippen LogP contribution in [-0.2, 0) is 0 Å². The Hall–Kier alpha value is -0.340. The highest BCUT2D eigenvalue weighted by molar-refractivity contribution is 5.13. The number of nitrogens with one attached hydrogen (secondary N) is 1. The Bertz CT molecular complexity index is 297. The van der Waals surface area contributed by atoms with E-state index in [9.17, 15) is 0 Å². The molecule has 0 spiro atoms. The van der Waals surface area contributed by atoms with Gasteiger partial charge in [0.25, 0.3) is 0 Å². The van der Waals surface area contributed by atoms with Gasteiger partial charge in [-0.15, -0.1) is 0 Å². The van der Waals surface area contributed by atoms with Crippen molar-refractivity contribution in [3.8, 4) is 0 Å². The van der Waals surface area contributed by atoms with Gasteiger partial charge in [-0.05, 0) is 69.1 Å². The first kappa shape index (κ1) is 11.7. The van der Waals surface area contributed by atoms with Gasteiger partial charge in [0, 0.05) is 6.04 Å². The van der Waals surface area contributed by atoms with E-state index in [1.54, 1.807) is 5.57 Å². The van der Waals surface area contributed by atoms with Gasteiger partial charge in [-0.2, -0.15) is 0 Å². The Kier molecular flexibility index (Phi) is 3.53. The Labute approximate surface area is 105 Å². The molecular weight excluding hydrogens is 208 g/mol. The lowest BCUT2D eigenvalue weighted by atomic mass is 9.81. The Morgan fingerprint density at radius 3 is 2.82 bits per heavy atom. The molecular formula is C15H26N2. The molecule has 2 saturated carbocycles. The predicted molar refractivity (Wildman–Crippen MR) is 71.2 cm³/mol. The van der Waals surface area contributed by atoms with Crippen LogP contribution in [0.4, 0.5) is 0 Å². The van der Waals surface area contributed by atoms with Crippen molar-refractivity contribution in [2.45, 2.75) is 63.8 Å². The molecule has 96 valence electrons. The lowest BCUT2D eigenvalue weighted by molar-refractivity contribution is 0.287. The molecule has 0 amide bonds. The topological polar surface area (TPSA) is 38.0 Å². The summed E-state index contributed by atoms with van der Waals surface area (Å²) in [5.41, 5.74) is 4.69. The second kappa shape index (κ2) is 5.11. The number of fused-ring (bicyclic) bond motifs is 2. The van der Waals surface area contributed by atoms with E-state index in [0.29, 0.717) is 6.04 Å². The van der Waals surface area contributed by atoms with E-state index in [4.69, 9.17) is 5.84 Å². The smallest absolute Gasteiger partial charge is 0.0422 e. The maximum absolute atomic E-state index is 5.79. The number of nitrogens with two attached hydrogens (primary N) is 1. The summed E-state index contributed by atoms with van der Waals surface area (Å²) >= 11 is 0. The van der Waals surface area contributed by atoms with Gasteiger partial charge < -0.3 is 0 Å². The first-order valence-corrected chi connectivity index (χ1v) is 7.52. The summed E-state index contributed by atoms with van der Waals surface area (Å²) in [6, 6.07) is 0.472. The highest BCUT2D eigenvalue weighted by Gasteiger charge is 2.40. The van der Waals surface area contributed by atoms with Gasteiger partial charge in [-0.3, -0.25) is 11.3 Å². The summed E-state index contributed by atoms with van der Waals surface area (Å²) in [5.74, 6) is 8.83. The molecule has 2 bridgehead atoms. The summed E-state index contributed by atoms with van der Waals surface area (Å²) in [6.07, 6.45) is 15.0. The van der Waals surface area contributed by atoms with Gasteiger partial charge in [0.2, 0.25) is 0 Å². The second-order valence-electron chi connectivity index (χ2n) is 6.41. The summed E-state index contributed by atoms with van der Waals surface area (Å²) < 4.78 is 0. The average Bonchev–Trinajstić information content (AvgIpc) is 2.99. The number of hydrogen-bond acceptors (Lipinski definition) is 2. The number of hydrogen-bond donors (Lipinski definition) is 2. The quantitative estimate of drug-likeness (QED) is 0.445. The fourth-order valence-corrected chi connectivity index (χ4v) is 4.47. The minimum absolute atomic E-state index is 0.472. The summed E-state index contributed by atoms with van der Waals surface area (Å²) in [4.78, 5) is 0. The van der Waals surface area contributed by atoms with Gasteiger partial charge in [0.1, 0.15) is 0 Å². The third-order valence-corrected chi connectivity index (χ3v) is 5.40. The maximum atomic E-state index is 5.79. The van der Waals surface area contributed by atoms with Crippen LogP contribution < -0.4 is 11.3 Å². The number of allylic oxidation sites excluding steroid dienone is 1. The normalized spacial score (nSPS) is 38.2. The second-order valence-corrected chi connectivity index (χ2v) is 6.41. The minimum Gasteiger partial charge on any atom is -0.271 e. The van der Waals surface area contributed by atoms with Crippen molar-refractivity contribution in [3.63, 3.8) is 0 Å². The first-order chi connectivity index (χ1) is 8.36. The fourth-order valence-electron chi connectivity index (χ4n) is 4.47. The molecule has 4 unspecified atom stereocenters. The van der Waals surface area contributed by atoms with Crippen LogP contribution in [0.25, 0.3) is 0 Å². The Balaban J connectivity index is 1.60. The zero-order valence-electron chi connectivity index (χ0n) is 10.8. The van der Waals surface area contributed by atoms with E-state index >= 15 is 0 Å². The van der Waals surface area contributed by atoms with Crippen LogP contribution in [0.2, 0.25) is 0 Å². The van der Waals surface area contributed by atoms with Gasteiger partial charge >= 0.3 is 0 Å². The monoisotopic (exact) mass is 234 g/mol. The zero-order valence-corrected chi connectivity index (χ0v) is 10.8. The molecule has 3 rings (SSSR count). The molecule has 0 aromatic rings. The van der Waals surface area contributed by atoms with Crippen LogP contribution >= 0.6 is 0 Å². The molecule has 0 aromatic carbocycles. The van der Waals surface area contributed by atoms with Crippen LogP contribution in [-0.4, -0.2) is 6.04 Å². The summed E-state index contributed by atoms with van der Waals surface area (Å²) in [7, 11) is 0. The molecule has 0 aliphatic heterocycles. The standard InChI is InChI=1S/C15H26N2/c16-17-15(12-4-2-1-3-5-12)10-14-9-11-6-7-13(14)8-11/h4,11,13-15,17H,1-3,5-10,16H2. The fraction of sp³-hybridized carbons (Fsp3) is 0.867. The van der Waals surface area contributed by atoms with Gasteiger partial charge in [-0.1, -0.05) is 18.1 Å². The van der Waals surface area contributed by atoms with E-state index in [1.807, 2.05) is 0 Å². The minimum atomic E-state index is 0.472. The van der Waals surface area contributed by atoms with E-state index < -0.39 is 0 Å². The van der Waals surface area contributed by atoms with Crippen molar-refractivity contribution in [3.05, 3.63) is 11.6 Å². The lowest BCUT2D eigenvalue weighted by Crippen LogP contribution is -2.39. The van der Waals surface area contributed by atoms with Crippen molar-refractivity contribution in [2.75, 3.05) is 0 Å². The van der Waals surface area contributed by atoms with Crippen molar-refractivity contribution in [1.82, 2.24) is 5.43 Å². The summed E-state index contributed by atoms with van der Waals surface area (Å²) in [5, 5.41) is 0. The molecule has 3 aliphatic carbocycles. The van der Waals surface area contributed by atoms with Crippen molar-refractivity contribution in [2.24, 2.45) is 23.6 Å². The SMILES string of the molecule is NNC(CC1CC2CCC1C2)C1=CCCCC1. The number of hydrazine groups is 1. The number of rotatable bonds is 4. The molecule has 4 atom stereocenters. The van der Waals surface area contributed by atoms with Crippen molar-refractivity contribution < 1.29 is 0 Å². The van der Waals surface area contributed by atoms with Crippen LogP contribution in [0.15, 0.2) is 11.6 Å². The molecule has 2 heteroatoms. The van der Waals surface area contributed by atoms with E-state index in [0.717, 1.165) is 17.8 Å². The predicted octanol–water partition coefficient (Wildman–Crippen LogP) is 3.15. The molecule has 0 saturated heterocycles. The van der Waals surface area contributed by atoms with Gasteiger partial charge in [0.15, 0.2) is 0 Å². The molecule has 17 heavy (non-hydrogen) atoms. The van der Waals surface area contributed by atoms with Crippen LogP contribution in [0.5, 0.6) is 0 Å². The largest absolute Gasteiger partial charge is 0.271 e. The molecule has 2 fully saturated rings. The van der Waals surface area contributed by atoms with E-state index in [2.05, 4.69) is 11.5 Å². The van der Waals surface area contributed by atoms with Crippen molar-refractivity contribution >= 4 is 0 Å². The Morgan fingerprint density at radius 1 is 1.29 bits per heavy atom. The van der Waals surface area contributed by atoms with Crippen LogP contribution in [0.3, 0.4) is 0 Å². The third-order valence-electron chi connectivity index (χ3n) is 5.40. The highest BCUT2D eigenvalue weighted by Crippen LogP contribution is 2.50. The van der Waals surface area contributed by atoms with Crippen LogP contribution in [0, 0.1) is 17.8 Å². The molecule has 2 nitrogen and oxygen atoms in total. The molecule has 3 N–H and O–H groups in total. The maximum Gasteiger partial charge on any atom is 0.0422 e. The first-order valence-electron chi connectivity index (χ1n) is 7.52. The third kappa shape index (κ3) is 2.43. The van der Waals surface area contributed by atoms with Gasteiger partial charge in [-0.25, -0.2) is 0 Å². The Morgan fingerprint density at radius 2 is 2.24 bits per heavy atom. The molecule has 0 radical (unpaired) electrons. The molecule has 0 aromatic heterocycles. The average molecular weight is 234 g/mol. The zero-order chi connectivity index (χ0) is 11.7. The van der Waals surface area contributed by atoms with Crippen LogP contribution in [0.1, 0.15) is 57.8 Å². The molecule has 0 heterocycles. The lowest BCUT2D eigenvalue weighted by Gasteiger charge is -2.29. The van der Waals surface area contributed by atoms with Gasteiger partial charge in [0.05, 0.1) is 0 Å².